The van der Waals surface area contributed by atoms with E-state index in [0.717, 1.165) is 48.9 Å². The minimum atomic E-state index is -0.248. The lowest BCUT2D eigenvalue weighted by Gasteiger charge is -2.28. The maximum absolute atomic E-state index is 13.1. The number of halogens is 1. The van der Waals surface area contributed by atoms with E-state index < -0.39 is 0 Å². The molecule has 0 bridgehead atoms. The topological polar surface area (TPSA) is 42.7 Å². The highest BCUT2D eigenvalue weighted by Gasteiger charge is 2.17. The van der Waals surface area contributed by atoms with Gasteiger partial charge in [-0.05, 0) is 23.8 Å². The van der Waals surface area contributed by atoms with Crippen LogP contribution in [0, 0.1) is 5.82 Å². The van der Waals surface area contributed by atoms with Gasteiger partial charge in [-0.1, -0.05) is 12.1 Å². The van der Waals surface area contributed by atoms with Crippen molar-refractivity contribution in [2.45, 2.75) is 0 Å². The second-order valence-electron chi connectivity index (χ2n) is 5.20. The average Bonchev–Trinajstić information content (AvgIpc) is 3.00. The van der Waals surface area contributed by atoms with Gasteiger partial charge in [0.05, 0.1) is 19.4 Å². The predicted molar refractivity (Wildman–Crippen MR) is 81.4 cm³/mol. The number of morpholine rings is 1. The Balaban J connectivity index is 1.80. The maximum atomic E-state index is 13.1. The molecular weight excluding hydrogens is 283 g/mol. The van der Waals surface area contributed by atoms with Crippen LogP contribution >= 0.6 is 0 Å². The second-order valence-corrected chi connectivity index (χ2v) is 5.20. The molecule has 0 radical (unpaired) electrons. The Hall–Kier alpha value is -2.47. The summed E-state index contributed by atoms with van der Waals surface area (Å²) in [5, 5.41) is 4.47. The molecule has 1 aromatic carbocycles. The van der Waals surface area contributed by atoms with Gasteiger partial charge in [0.2, 0.25) is 0 Å². The second kappa shape index (κ2) is 5.38. The number of nitrogens with zero attached hydrogens (tertiary/aromatic N) is 4. The molecule has 1 fully saturated rings. The van der Waals surface area contributed by atoms with Crippen molar-refractivity contribution in [3.63, 3.8) is 0 Å². The van der Waals surface area contributed by atoms with Crippen molar-refractivity contribution >= 4 is 11.5 Å². The molecule has 3 heterocycles. The third-order valence-corrected chi connectivity index (χ3v) is 3.87. The average molecular weight is 298 g/mol. The Morgan fingerprint density at radius 1 is 1.05 bits per heavy atom. The zero-order valence-corrected chi connectivity index (χ0v) is 11.9. The largest absolute Gasteiger partial charge is 0.378 e. The first-order chi connectivity index (χ1) is 10.8. The summed E-state index contributed by atoms with van der Waals surface area (Å²) >= 11 is 0. The molecule has 0 amide bonds. The number of rotatable bonds is 2. The maximum Gasteiger partial charge on any atom is 0.165 e. The third-order valence-electron chi connectivity index (χ3n) is 3.87. The first-order valence-corrected chi connectivity index (χ1v) is 7.24. The number of hydrogen-bond acceptors (Lipinski definition) is 4. The number of ether oxygens (including phenoxy) is 1. The van der Waals surface area contributed by atoms with E-state index in [1.54, 1.807) is 24.5 Å². The van der Waals surface area contributed by atoms with E-state index in [4.69, 9.17) is 4.74 Å². The molecule has 3 aromatic rings. The van der Waals surface area contributed by atoms with Crippen molar-refractivity contribution < 1.29 is 9.13 Å². The van der Waals surface area contributed by atoms with Gasteiger partial charge in [-0.2, -0.15) is 9.61 Å². The molecule has 1 aliphatic rings. The lowest BCUT2D eigenvalue weighted by Crippen LogP contribution is -2.37. The van der Waals surface area contributed by atoms with Gasteiger partial charge in [0.1, 0.15) is 11.6 Å². The van der Waals surface area contributed by atoms with Gasteiger partial charge in [0.25, 0.3) is 0 Å². The van der Waals surface area contributed by atoms with Crippen molar-refractivity contribution in [2.75, 3.05) is 31.2 Å². The normalized spacial score (nSPS) is 15.4. The van der Waals surface area contributed by atoms with E-state index in [1.165, 1.54) is 12.1 Å². The summed E-state index contributed by atoms with van der Waals surface area (Å²) in [6, 6.07) is 8.35. The van der Waals surface area contributed by atoms with Gasteiger partial charge in [0, 0.05) is 24.8 Å². The van der Waals surface area contributed by atoms with E-state index >= 15 is 0 Å². The molecule has 0 unspecified atom stereocenters. The van der Waals surface area contributed by atoms with Crippen LogP contribution in [0.25, 0.3) is 16.8 Å². The fourth-order valence-corrected chi connectivity index (χ4v) is 2.74. The standard InChI is InChI=1S/C16H15FN4O/c17-13-3-1-12(2-4-13)14-11-19-21-15(5-6-18-16(14)21)20-7-9-22-10-8-20/h1-6,11H,7-10H2. The highest BCUT2D eigenvalue weighted by atomic mass is 19.1. The molecule has 4 rings (SSSR count). The minimum Gasteiger partial charge on any atom is -0.378 e. The van der Waals surface area contributed by atoms with Crippen molar-refractivity contribution in [3.8, 4) is 11.1 Å². The van der Waals surface area contributed by atoms with Gasteiger partial charge in [-0.15, -0.1) is 0 Å². The third kappa shape index (κ3) is 2.21. The van der Waals surface area contributed by atoms with E-state index in [1.807, 2.05) is 10.6 Å². The van der Waals surface area contributed by atoms with Crippen LogP contribution in [0.2, 0.25) is 0 Å². The molecule has 22 heavy (non-hydrogen) atoms. The van der Waals surface area contributed by atoms with Crippen molar-refractivity contribution in [3.05, 3.63) is 48.5 Å². The highest BCUT2D eigenvalue weighted by molar-refractivity contribution is 5.77. The SMILES string of the molecule is Fc1ccc(-c2cnn3c(N4CCOCC4)ccnc23)cc1. The quantitative estimate of drug-likeness (QED) is 0.728. The van der Waals surface area contributed by atoms with Crippen LogP contribution in [0.5, 0.6) is 0 Å². The monoisotopic (exact) mass is 298 g/mol. The van der Waals surface area contributed by atoms with Crippen molar-refractivity contribution in [1.29, 1.82) is 0 Å². The molecule has 5 nitrogen and oxygen atoms in total. The molecule has 0 N–H and O–H groups in total. The van der Waals surface area contributed by atoms with Crippen LogP contribution < -0.4 is 4.90 Å². The first-order valence-electron chi connectivity index (χ1n) is 7.24. The van der Waals surface area contributed by atoms with Crippen LogP contribution in [0.1, 0.15) is 0 Å². The van der Waals surface area contributed by atoms with Crippen molar-refractivity contribution in [1.82, 2.24) is 14.6 Å². The molecular formula is C16H15FN4O. The Kier molecular flexibility index (Phi) is 3.23. The summed E-state index contributed by atoms with van der Waals surface area (Å²) in [6.45, 7) is 3.11. The minimum absolute atomic E-state index is 0.248. The Labute approximate surface area is 127 Å². The lowest BCUT2D eigenvalue weighted by atomic mass is 10.1. The van der Waals surface area contributed by atoms with Crippen LogP contribution in [0.4, 0.5) is 10.2 Å². The molecule has 0 aliphatic carbocycles. The summed E-state index contributed by atoms with van der Waals surface area (Å²) < 4.78 is 20.3. The molecule has 112 valence electrons. The van der Waals surface area contributed by atoms with Crippen LogP contribution in [0.15, 0.2) is 42.7 Å². The zero-order valence-electron chi connectivity index (χ0n) is 11.9. The van der Waals surface area contributed by atoms with Gasteiger partial charge in [-0.25, -0.2) is 9.37 Å². The molecule has 0 spiro atoms. The first kappa shape index (κ1) is 13.2. The number of fused-ring (bicyclic) bond motifs is 1. The van der Waals surface area contributed by atoms with E-state index in [0.29, 0.717) is 0 Å². The number of aromatic nitrogens is 3. The van der Waals surface area contributed by atoms with Gasteiger partial charge >= 0.3 is 0 Å². The van der Waals surface area contributed by atoms with Crippen LogP contribution in [0.3, 0.4) is 0 Å². The Bertz CT molecular complexity index is 794. The predicted octanol–water partition coefficient (Wildman–Crippen LogP) is 2.37. The van der Waals surface area contributed by atoms with Crippen LogP contribution in [-0.4, -0.2) is 40.9 Å². The Morgan fingerprint density at radius 2 is 1.82 bits per heavy atom. The summed E-state index contributed by atoms with van der Waals surface area (Å²) in [6.07, 6.45) is 3.56. The molecule has 1 saturated heterocycles. The van der Waals surface area contributed by atoms with Gasteiger partial charge in [0.15, 0.2) is 5.65 Å². The lowest BCUT2D eigenvalue weighted by molar-refractivity contribution is 0.122. The van der Waals surface area contributed by atoms with E-state index in [-0.39, 0.29) is 5.82 Å². The van der Waals surface area contributed by atoms with Crippen molar-refractivity contribution in [2.24, 2.45) is 0 Å². The Morgan fingerprint density at radius 3 is 2.59 bits per heavy atom. The summed E-state index contributed by atoms with van der Waals surface area (Å²) in [5.74, 6) is 0.754. The summed E-state index contributed by atoms with van der Waals surface area (Å²) in [7, 11) is 0. The molecule has 0 atom stereocenters. The highest BCUT2D eigenvalue weighted by Crippen LogP contribution is 2.26. The fraction of sp³-hybridized carbons (Fsp3) is 0.250. The molecule has 1 aliphatic heterocycles. The summed E-state index contributed by atoms with van der Waals surface area (Å²) in [4.78, 5) is 6.68. The molecule has 0 saturated carbocycles. The molecule has 2 aromatic heterocycles. The number of hydrogen-bond donors (Lipinski definition) is 0. The molecule has 6 heteroatoms. The van der Waals surface area contributed by atoms with Gasteiger partial charge in [-0.3, -0.25) is 0 Å². The number of anilines is 1. The van der Waals surface area contributed by atoms with Crippen LogP contribution in [-0.2, 0) is 4.74 Å². The summed E-state index contributed by atoms with van der Waals surface area (Å²) in [5.41, 5.74) is 2.58. The fourth-order valence-electron chi connectivity index (χ4n) is 2.74. The van der Waals surface area contributed by atoms with E-state index in [9.17, 15) is 4.39 Å². The van der Waals surface area contributed by atoms with E-state index in [2.05, 4.69) is 15.0 Å². The van der Waals surface area contributed by atoms with Gasteiger partial charge < -0.3 is 9.64 Å². The zero-order chi connectivity index (χ0) is 14.9. The smallest absolute Gasteiger partial charge is 0.165 e. The number of benzene rings is 1.